The van der Waals surface area contributed by atoms with Crippen LogP contribution in [0.1, 0.15) is 12.8 Å². The highest BCUT2D eigenvalue weighted by molar-refractivity contribution is 5.92. The van der Waals surface area contributed by atoms with Crippen LogP contribution >= 0.6 is 0 Å². The average Bonchev–Trinajstić information content (AvgIpc) is 2.54. The molecule has 22 heavy (non-hydrogen) atoms. The van der Waals surface area contributed by atoms with Crippen LogP contribution in [0.5, 0.6) is 0 Å². The first-order valence-electron chi connectivity index (χ1n) is 7.66. The fraction of sp³-hybridized carbons (Fsp3) is 0.562. The molecule has 2 N–H and O–H groups in total. The number of hydrogen-bond acceptors (Lipinski definition) is 4. The molecular formula is C16H23FN2O3. The van der Waals surface area contributed by atoms with Gasteiger partial charge in [0.15, 0.2) is 0 Å². The Balaban J connectivity index is 1.69. The number of benzene rings is 1. The number of rotatable bonds is 7. The molecule has 5 nitrogen and oxygen atoms in total. The molecule has 0 aromatic heterocycles. The Bertz CT molecular complexity index is 459. The molecule has 2 rings (SSSR count). The minimum absolute atomic E-state index is 0.000312. The Morgan fingerprint density at radius 2 is 1.95 bits per heavy atom. The summed E-state index contributed by atoms with van der Waals surface area (Å²) in [7, 11) is 0. The second-order valence-corrected chi connectivity index (χ2v) is 5.45. The molecule has 1 saturated heterocycles. The fourth-order valence-corrected chi connectivity index (χ4v) is 2.56. The first kappa shape index (κ1) is 16.9. The summed E-state index contributed by atoms with van der Waals surface area (Å²) >= 11 is 0. The van der Waals surface area contributed by atoms with E-state index in [1.807, 2.05) is 0 Å². The van der Waals surface area contributed by atoms with E-state index in [-0.39, 0.29) is 24.2 Å². The summed E-state index contributed by atoms with van der Waals surface area (Å²) in [4.78, 5) is 14.4. The van der Waals surface area contributed by atoms with E-state index in [0.717, 1.165) is 32.5 Å². The molecular weight excluding hydrogens is 287 g/mol. The maximum atomic E-state index is 12.8. The average molecular weight is 310 g/mol. The lowest BCUT2D eigenvalue weighted by Gasteiger charge is -2.31. The number of ether oxygens (including phenoxy) is 1. The van der Waals surface area contributed by atoms with Crippen LogP contribution in [0.25, 0.3) is 0 Å². The van der Waals surface area contributed by atoms with Gasteiger partial charge in [-0.3, -0.25) is 4.79 Å². The molecule has 0 aliphatic carbocycles. The molecule has 1 aromatic rings. The van der Waals surface area contributed by atoms with E-state index in [1.54, 1.807) is 12.1 Å². The van der Waals surface area contributed by atoms with Gasteiger partial charge in [-0.1, -0.05) is 0 Å². The van der Waals surface area contributed by atoms with Crippen molar-refractivity contribution >= 4 is 11.6 Å². The van der Waals surface area contributed by atoms with Gasteiger partial charge in [0.05, 0.1) is 19.8 Å². The third-order valence-electron chi connectivity index (χ3n) is 3.86. The molecule has 1 fully saturated rings. The quantitative estimate of drug-likeness (QED) is 0.749. The van der Waals surface area contributed by atoms with Crippen LogP contribution in [0.2, 0.25) is 0 Å². The van der Waals surface area contributed by atoms with Gasteiger partial charge in [0.1, 0.15) is 5.82 Å². The summed E-state index contributed by atoms with van der Waals surface area (Å²) in [6, 6.07) is 5.82. The van der Waals surface area contributed by atoms with E-state index >= 15 is 0 Å². The Kier molecular flexibility index (Phi) is 6.76. The fourth-order valence-electron chi connectivity index (χ4n) is 2.56. The number of aliphatic hydroxyl groups excluding tert-OH is 1. The Hall–Kier alpha value is -1.50. The topological polar surface area (TPSA) is 61.8 Å². The molecule has 1 heterocycles. The molecule has 1 amide bonds. The van der Waals surface area contributed by atoms with Crippen molar-refractivity contribution in [2.24, 2.45) is 5.92 Å². The van der Waals surface area contributed by atoms with Crippen LogP contribution in [0, 0.1) is 11.7 Å². The van der Waals surface area contributed by atoms with Gasteiger partial charge in [0.2, 0.25) is 5.91 Å². The zero-order chi connectivity index (χ0) is 15.8. The minimum atomic E-state index is -0.310. The molecule has 0 saturated carbocycles. The highest BCUT2D eigenvalue weighted by Crippen LogP contribution is 2.19. The number of nitrogens with one attached hydrogen (secondary N) is 1. The molecule has 1 aromatic carbocycles. The van der Waals surface area contributed by atoms with Crippen LogP contribution in [0.4, 0.5) is 10.1 Å². The summed E-state index contributed by atoms with van der Waals surface area (Å²) in [6.45, 7) is 3.58. The number of nitrogens with zero attached hydrogens (tertiary/aromatic N) is 1. The van der Waals surface area contributed by atoms with E-state index in [4.69, 9.17) is 9.84 Å². The number of halogens is 1. The second kappa shape index (κ2) is 8.82. The van der Waals surface area contributed by atoms with Crippen molar-refractivity contribution in [1.29, 1.82) is 0 Å². The van der Waals surface area contributed by atoms with E-state index in [2.05, 4.69) is 10.2 Å². The van der Waals surface area contributed by atoms with Crippen LogP contribution in [0.3, 0.4) is 0 Å². The van der Waals surface area contributed by atoms with Crippen molar-refractivity contribution in [2.75, 3.05) is 44.8 Å². The van der Waals surface area contributed by atoms with Crippen LogP contribution < -0.4 is 5.32 Å². The van der Waals surface area contributed by atoms with E-state index in [1.165, 1.54) is 12.1 Å². The van der Waals surface area contributed by atoms with E-state index < -0.39 is 0 Å². The highest BCUT2D eigenvalue weighted by Gasteiger charge is 2.24. The highest BCUT2D eigenvalue weighted by atomic mass is 19.1. The van der Waals surface area contributed by atoms with Crippen molar-refractivity contribution in [1.82, 2.24) is 4.90 Å². The Morgan fingerprint density at radius 1 is 1.27 bits per heavy atom. The third-order valence-corrected chi connectivity index (χ3v) is 3.86. The van der Waals surface area contributed by atoms with Crippen LogP contribution in [-0.4, -0.2) is 55.4 Å². The predicted molar refractivity (Wildman–Crippen MR) is 82.1 cm³/mol. The predicted octanol–water partition coefficient (Wildman–Crippen LogP) is 1.49. The first-order valence-corrected chi connectivity index (χ1v) is 7.66. The van der Waals surface area contributed by atoms with Gasteiger partial charge >= 0.3 is 0 Å². The van der Waals surface area contributed by atoms with Crippen molar-refractivity contribution in [3.05, 3.63) is 30.1 Å². The molecule has 0 radical (unpaired) electrons. The summed E-state index contributed by atoms with van der Waals surface area (Å²) in [5.41, 5.74) is 0.631. The minimum Gasteiger partial charge on any atom is -0.394 e. The monoisotopic (exact) mass is 310 g/mol. The normalized spacial score (nSPS) is 16.6. The van der Waals surface area contributed by atoms with Gasteiger partial charge in [0, 0.05) is 18.2 Å². The number of hydrogen-bond donors (Lipinski definition) is 2. The maximum absolute atomic E-state index is 12.8. The smallest absolute Gasteiger partial charge is 0.227 e. The second-order valence-electron chi connectivity index (χ2n) is 5.45. The van der Waals surface area contributed by atoms with Crippen molar-refractivity contribution in [3.8, 4) is 0 Å². The van der Waals surface area contributed by atoms with Gasteiger partial charge in [-0.25, -0.2) is 4.39 Å². The maximum Gasteiger partial charge on any atom is 0.227 e. The zero-order valence-electron chi connectivity index (χ0n) is 12.6. The lowest BCUT2D eigenvalue weighted by atomic mass is 9.96. The number of piperidine rings is 1. The lowest BCUT2D eigenvalue weighted by Crippen LogP contribution is -2.39. The molecule has 6 heteroatoms. The van der Waals surface area contributed by atoms with Crippen molar-refractivity contribution in [3.63, 3.8) is 0 Å². The largest absolute Gasteiger partial charge is 0.394 e. The summed E-state index contributed by atoms with van der Waals surface area (Å²) < 4.78 is 18.1. The third kappa shape index (κ3) is 5.36. The Labute approximate surface area is 130 Å². The molecule has 122 valence electrons. The zero-order valence-corrected chi connectivity index (χ0v) is 12.6. The Morgan fingerprint density at radius 3 is 2.59 bits per heavy atom. The summed E-state index contributed by atoms with van der Waals surface area (Å²) in [5, 5.41) is 11.5. The number of carbonyl (C=O) groups is 1. The molecule has 0 spiro atoms. The number of aliphatic hydroxyl groups is 1. The lowest BCUT2D eigenvalue weighted by molar-refractivity contribution is -0.121. The summed E-state index contributed by atoms with van der Waals surface area (Å²) in [5.74, 6) is -0.308. The number of anilines is 1. The van der Waals surface area contributed by atoms with Gasteiger partial charge in [-0.15, -0.1) is 0 Å². The van der Waals surface area contributed by atoms with Crippen LogP contribution in [-0.2, 0) is 9.53 Å². The summed E-state index contributed by atoms with van der Waals surface area (Å²) in [6.07, 6.45) is 1.63. The van der Waals surface area contributed by atoms with Gasteiger partial charge in [0.25, 0.3) is 0 Å². The van der Waals surface area contributed by atoms with Gasteiger partial charge in [-0.2, -0.15) is 0 Å². The number of likely N-dealkylation sites (tertiary alicyclic amines) is 1. The molecule has 0 atom stereocenters. The molecule has 0 unspecified atom stereocenters. The molecule has 0 bridgehead atoms. The van der Waals surface area contributed by atoms with Gasteiger partial charge in [-0.05, 0) is 50.2 Å². The number of carbonyl (C=O) groups excluding carboxylic acids is 1. The number of amides is 1. The van der Waals surface area contributed by atoms with Crippen LogP contribution in [0.15, 0.2) is 24.3 Å². The van der Waals surface area contributed by atoms with Gasteiger partial charge < -0.3 is 20.1 Å². The first-order chi connectivity index (χ1) is 10.7. The molecule has 1 aliphatic heterocycles. The van der Waals surface area contributed by atoms with E-state index in [9.17, 15) is 9.18 Å². The SMILES string of the molecule is O=C(Nc1ccc(F)cc1)C1CCN(CCOCCO)CC1. The standard InChI is InChI=1S/C16H23FN2O3/c17-14-1-3-15(4-2-14)18-16(21)13-5-7-19(8-6-13)9-11-22-12-10-20/h1-4,13,20H,5-12H2,(H,18,21). The van der Waals surface area contributed by atoms with Crippen molar-refractivity contribution < 1.29 is 19.0 Å². The molecule has 1 aliphatic rings. The van der Waals surface area contributed by atoms with E-state index in [0.29, 0.717) is 18.9 Å². The van der Waals surface area contributed by atoms with Crippen molar-refractivity contribution in [2.45, 2.75) is 12.8 Å².